The summed E-state index contributed by atoms with van der Waals surface area (Å²) in [6, 6.07) is 5.16. The van der Waals surface area contributed by atoms with Gasteiger partial charge >= 0.3 is 5.97 Å². The zero-order valence-electron chi connectivity index (χ0n) is 9.89. The highest BCUT2D eigenvalue weighted by Crippen LogP contribution is 2.02. The average molecular weight is 238 g/mol. The minimum Gasteiger partial charge on any atom is -0.477 e. The van der Waals surface area contributed by atoms with Crippen LogP contribution in [0.25, 0.3) is 0 Å². The number of nitrogens with one attached hydrogen (secondary N) is 1. The number of aromatic carboxylic acids is 1. The van der Waals surface area contributed by atoms with E-state index in [2.05, 4.69) is 10.3 Å². The standard InChI is InChI=1S/C12H18N2O3/c1-2-9(6-7-15)13-8-10-4-3-5-11(14-10)12(16)17/h3-5,9,13,15H,2,6-8H2,1H3,(H,16,17). The van der Waals surface area contributed by atoms with Crippen molar-refractivity contribution in [2.24, 2.45) is 0 Å². The number of carboxylic acid groups (broad SMARTS) is 1. The van der Waals surface area contributed by atoms with E-state index >= 15 is 0 Å². The highest BCUT2D eigenvalue weighted by atomic mass is 16.4. The zero-order valence-corrected chi connectivity index (χ0v) is 9.89. The lowest BCUT2D eigenvalue weighted by Gasteiger charge is -2.15. The number of pyridine rings is 1. The van der Waals surface area contributed by atoms with Crippen LogP contribution in [0.4, 0.5) is 0 Å². The predicted molar refractivity (Wildman–Crippen MR) is 63.8 cm³/mol. The van der Waals surface area contributed by atoms with E-state index in [9.17, 15) is 4.79 Å². The van der Waals surface area contributed by atoms with Crippen molar-refractivity contribution in [3.63, 3.8) is 0 Å². The highest BCUT2D eigenvalue weighted by Gasteiger charge is 2.07. The second-order valence-electron chi connectivity index (χ2n) is 3.82. The van der Waals surface area contributed by atoms with Gasteiger partial charge in [0.25, 0.3) is 0 Å². The molecule has 0 saturated carbocycles. The summed E-state index contributed by atoms with van der Waals surface area (Å²) in [5.41, 5.74) is 0.751. The molecule has 1 aromatic heterocycles. The van der Waals surface area contributed by atoms with Gasteiger partial charge < -0.3 is 15.5 Å². The smallest absolute Gasteiger partial charge is 0.354 e. The molecule has 0 saturated heterocycles. The SMILES string of the molecule is CCC(CCO)NCc1cccc(C(=O)O)n1. The van der Waals surface area contributed by atoms with Crippen molar-refractivity contribution in [2.45, 2.75) is 32.4 Å². The molecule has 0 fully saturated rings. The summed E-state index contributed by atoms with van der Waals surface area (Å²) < 4.78 is 0. The number of hydrogen-bond acceptors (Lipinski definition) is 4. The van der Waals surface area contributed by atoms with E-state index in [0.29, 0.717) is 18.7 Å². The third-order valence-corrected chi connectivity index (χ3v) is 2.57. The predicted octanol–water partition coefficient (Wildman–Crippen LogP) is 1.03. The lowest BCUT2D eigenvalue weighted by atomic mass is 10.1. The van der Waals surface area contributed by atoms with Crippen LogP contribution >= 0.6 is 0 Å². The Balaban J connectivity index is 2.56. The third kappa shape index (κ3) is 4.50. The first-order valence-corrected chi connectivity index (χ1v) is 5.70. The molecule has 5 nitrogen and oxygen atoms in total. The lowest BCUT2D eigenvalue weighted by Crippen LogP contribution is -2.29. The number of aliphatic hydroxyl groups is 1. The molecule has 1 aromatic rings. The summed E-state index contributed by atoms with van der Waals surface area (Å²) in [5.74, 6) is -1.02. The highest BCUT2D eigenvalue weighted by molar-refractivity contribution is 5.85. The quantitative estimate of drug-likeness (QED) is 0.661. The summed E-state index contributed by atoms with van der Waals surface area (Å²) in [7, 11) is 0. The van der Waals surface area contributed by atoms with Gasteiger partial charge in [-0.05, 0) is 25.0 Å². The topological polar surface area (TPSA) is 82.5 Å². The molecule has 0 aliphatic carbocycles. The van der Waals surface area contributed by atoms with Crippen molar-refractivity contribution >= 4 is 5.97 Å². The second kappa shape index (κ2) is 6.98. The largest absolute Gasteiger partial charge is 0.477 e. The molecule has 1 unspecified atom stereocenters. The minimum absolute atomic E-state index is 0.0551. The molecular weight excluding hydrogens is 220 g/mol. The summed E-state index contributed by atoms with van der Waals surface area (Å²) in [6.07, 6.45) is 1.61. The van der Waals surface area contributed by atoms with Crippen LogP contribution in [0, 0.1) is 0 Å². The Morgan fingerprint density at radius 2 is 2.29 bits per heavy atom. The molecule has 1 rings (SSSR count). The van der Waals surface area contributed by atoms with Crippen LogP contribution < -0.4 is 5.32 Å². The van der Waals surface area contributed by atoms with Crippen molar-refractivity contribution in [3.05, 3.63) is 29.6 Å². The van der Waals surface area contributed by atoms with Crippen LogP contribution in [0.5, 0.6) is 0 Å². The van der Waals surface area contributed by atoms with Gasteiger partial charge in [0.2, 0.25) is 0 Å². The Morgan fingerprint density at radius 3 is 2.88 bits per heavy atom. The first-order valence-electron chi connectivity index (χ1n) is 5.70. The van der Waals surface area contributed by atoms with Crippen LogP contribution in [0.3, 0.4) is 0 Å². The molecule has 0 aliphatic heterocycles. The van der Waals surface area contributed by atoms with Gasteiger partial charge in [0.15, 0.2) is 0 Å². The van der Waals surface area contributed by atoms with Gasteiger partial charge in [0.05, 0.1) is 5.69 Å². The summed E-state index contributed by atoms with van der Waals surface area (Å²) in [5, 5.41) is 20.9. The van der Waals surface area contributed by atoms with E-state index < -0.39 is 5.97 Å². The molecule has 0 bridgehead atoms. The van der Waals surface area contributed by atoms with Crippen molar-refractivity contribution in [1.82, 2.24) is 10.3 Å². The Labute approximate surface area is 101 Å². The molecule has 0 amide bonds. The molecule has 0 aromatic carbocycles. The van der Waals surface area contributed by atoms with Crippen molar-refractivity contribution in [2.75, 3.05) is 6.61 Å². The fourth-order valence-electron chi connectivity index (χ4n) is 1.55. The maximum atomic E-state index is 10.7. The van der Waals surface area contributed by atoms with Gasteiger partial charge in [-0.1, -0.05) is 13.0 Å². The molecule has 94 valence electrons. The van der Waals surface area contributed by atoms with E-state index in [-0.39, 0.29) is 18.3 Å². The van der Waals surface area contributed by atoms with E-state index in [1.54, 1.807) is 12.1 Å². The van der Waals surface area contributed by atoms with Gasteiger partial charge in [-0.25, -0.2) is 9.78 Å². The summed E-state index contributed by atoms with van der Waals surface area (Å²) in [4.78, 5) is 14.7. The minimum atomic E-state index is -1.02. The first-order chi connectivity index (χ1) is 8.17. The van der Waals surface area contributed by atoms with Crippen LogP contribution in [-0.2, 0) is 6.54 Å². The van der Waals surface area contributed by atoms with Gasteiger partial charge in [0, 0.05) is 19.2 Å². The van der Waals surface area contributed by atoms with Crippen molar-refractivity contribution < 1.29 is 15.0 Å². The molecule has 0 spiro atoms. The fraction of sp³-hybridized carbons (Fsp3) is 0.500. The number of hydrogen-bond donors (Lipinski definition) is 3. The molecule has 1 atom stereocenters. The number of carboxylic acids is 1. The van der Waals surface area contributed by atoms with E-state index in [4.69, 9.17) is 10.2 Å². The molecule has 0 aliphatic rings. The molecule has 5 heteroatoms. The van der Waals surface area contributed by atoms with Gasteiger partial charge in [0.1, 0.15) is 5.69 Å². The molecule has 3 N–H and O–H groups in total. The number of nitrogens with zero attached hydrogens (tertiary/aromatic N) is 1. The van der Waals surface area contributed by atoms with Crippen LogP contribution in [0.15, 0.2) is 18.2 Å². The lowest BCUT2D eigenvalue weighted by molar-refractivity contribution is 0.0690. The zero-order chi connectivity index (χ0) is 12.7. The Kier molecular flexibility index (Phi) is 5.59. The van der Waals surface area contributed by atoms with Gasteiger partial charge in [-0.3, -0.25) is 0 Å². The van der Waals surface area contributed by atoms with Crippen molar-refractivity contribution in [3.8, 4) is 0 Å². The second-order valence-corrected chi connectivity index (χ2v) is 3.82. The van der Waals surface area contributed by atoms with Gasteiger partial charge in [-0.15, -0.1) is 0 Å². The van der Waals surface area contributed by atoms with Crippen LogP contribution in [0.1, 0.15) is 35.9 Å². The van der Waals surface area contributed by atoms with E-state index in [0.717, 1.165) is 6.42 Å². The Bertz CT molecular complexity index is 369. The molecule has 17 heavy (non-hydrogen) atoms. The monoisotopic (exact) mass is 238 g/mol. The Morgan fingerprint density at radius 1 is 1.53 bits per heavy atom. The molecule has 0 radical (unpaired) electrons. The van der Waals surface area contributed by atoms with Crippen LogP contribution in [0.2, 0.25) is 0 Å². The average Bonchev–Trinajstić information content (AvgIpc) is 2.34. The van der Waals surface area contributed by atoms with Gasteiger partial charge in [-0.2, -0.15) is 0 Å². The summed E-state index contributed by atoms with van der Waals surface area (Å²) >= 11 is 0. The number of aliphatic hydroxyl groups excluding tert-OH is 1. The number of rotatable bonds is 7. The maximum Gasteiger partial charge on any atom is 0.354 e. The fourth-order valence-corrected chi connectivity index (χ4v) is 1.55. The third-order valence-electron chi connectivity index (χ3n) is 2.57. The Hall–Kier alpha value is -1.46. The summed E-state index contributed by atoms with van der Waals surface area (Å²) in [6.45, 7) is 2.70. The first kappa shape index (κ1) is 13.6. The molecular formula is C12H18N2O3. The maximum absolute atomic E-state index is 10.7. The molecule has 1 heterocycles. The van der Waals surface area contributed by atoms with E-state index in [1.165, 1.54) is 6.07 Å². The number of aromatic nitrogens is 1. The van der Waals surface area contributed by atoms with Crippen molar-refractivity contribution in [1.29, 1.82) is 0 Å². The normalized spacial score (nSPS) is 12.4. The number of carbonyl (C=O) groups is 1. The van der Waals surface area contributed by atoms with E-state index in [1.807, 2.05) is 6.92 Å². The van der Waals surface area contributed by atoms with Crippen LogP contribution in [-0.4, -0.2) is 33.8 Å².